The number of benzene rings is 6. The molecule has 0 atom stereocenters. The smallest absolute Gasteiger partial charge is 0.138 e. The molecule has 41 heavy (non-hydrogen) atoms. The molecule has 0 saturated heterocycles. The van der Waals surface area contributed by atoms with E-state index in [1.54, 1.807) is 0 Å². The normalized spacial score (nSPS) is 11.0. The number of aryl methyl sites for hydroxylation is 1. The van der Waals surface area contributed by atoms with Crippen molar-refractivity contribution in [3.63, 3.8) is 0 Å². The number of hydrogen-bond acceptors (Lipinski definition) is 2. The number of hydrogen-bond donors (Lipinski definition) is 0. The van der Waals surface area contributed by atoms with Gasteiger partial charge in [0.25, 0.3) is 0 Å². The number of furan rings is 1. The fourth-order valence-corrected chi connectivity index (χ4v) is 5.57. The highest BCUT2D eigenvalue weighted by atomic mass is 16.3. The van der Waals surface area contributed by atoms with Crippen LogP contribution in [-0.2, 0) is 0 Å². The van der Waals surface area contributed by atoms with Gasteiger partial charge in [0.2, 0.25) is 0 Å². The van der Waals surface area contributed by atoms with E-state index in [-0.39, 0.29) is 0 Å². The maximum absolute atomic E-state index is 6.26. The van der Waals surface area contributed by atoms with Gasteiger partial charge < -0.3 is 9.32 Å². The average Bonchev–Trinajstić information content (AvgIpc) is 3.39. The maximum Gasteiger partial charge on any atom is 0.138 e. The van der Waals surface area contributed by atoms with Crippen LogP contribution >= 0.6 is 0 Å². The zero-order valence-corrected chi connectivity index (χ0v) is 22.9. The Bertz CT molecular complexity index is 1940. The fraction of sp³-hybridized carbons (Fsp3) is 0.0256. The summed E-state index contributed by atoms with van der Waals surface area (Å²) in [4.78, 5) is 2.31. The minimum absolute atomic E-state index is 0.923. The van der Waals surface area contributed by atoms with Crippen LogP contribution in [0.3, 0.4) is 0 Å². The third-order valence-corrected chi connectivity index (χ3v) is 7.65. The van der Waals surface area contributed by atoms with Gasteiger partial charge in [0.1, 0.15) is 11.3 Å². The van der Waals surface area contributed by atoms with Crippen molar-refractivity contribution in [3.05, 3.63) is 163 Å². The highest BCUT2D eigenvalue weighted by Gasteiger charge is 2.15. The molecule has 0 fully saturated rings. The molecule has 1 heterocycles. The van der Waals surface area contributed by atoms with E-state index in [0.29, 0.717) is 0 Å². The zero-order chi connectivity index (χ0) is 27.6. The largest absolute Gasteiger partial charge is 0.456 e. The van der Waals surface area contributed by atoms with Gasteiger partial charge in [-0.15, -0.1) is 0 Å². The van der Waals surface area contributed by atoms with Crippen LogP contribution in [0, 0.1) is 6.92 Å². The monoisotopic (exact) mass is 527 g/mol. The predicted molar refractivity (Wildman–Crippen MR) is 172 cm³/mol. The van der Waals surface area contributed by atoms with E-state index in [0.717, 1.165) is 50.5 Å². The van der Waals surface area contributed by atoms with E-state index in [1.807, 2.05) is 12.1 Å². The Balaban J connectivity index is 1.25. The minimum Gasteiger partial charge on any atom is -0.456 e. The van der Waals surface area contributed by atoms with Gasteiger partial charge in [-0.3, -0.25) is 0 Å². The Morgan fingerprint density at radius 2 is 0.951 bits per heavy atom. The molecule has 0 bridgehead atoms. The summed E-state index contributed by atoms with van der Waals surface area (Å²) in [5.74, 6) is 0.929. The fourth-order valence-electron chi connectivity index (χ4n) is 5.57. The molecule has 1 aromatic heterocycles. The predicted octanol–water partition coefficient (Wildman–Crippen LogP) is 11.2. The topological polar surface area (TPSA) is 16.4 Å². The van der Waals surface area contributed by atoms with Gasteiger partial charge >= 0.3 is 0 Å². The SMILES string of the molecule is Cc1c(-c2cccc(-c3ccc(N(c4ccccc4)c4cccc(-c5ccccc5)c4)cc3)c2)oc2ccccc12. The van der Waals surface area contributed by atoms with Crippen molar-refractivity contribution in [3.8, 4) is 33.6 Å². The Labute approximate surface area is 240 Å². The summed E-state index contributed by atoms with van der Waals surface area (Å²) in [6, 6.07) is 55.5. The summed E-state index contributed by atoms with van der Waals surface area (Å²) in [5.41, 5.74) is 11.2. The van der Waals surface area contributed by atoms with Crippen molar-refractivity contribution in [1.29, 1.82) is 0 Å². The van der Waals surface area contributed by atoms with Crippen LogP contribution in [0.25, 0.3) is 44.5 Å². The van der Waals surface area contributed by atoms with Crippen molar-refractivity contribution >= 4 is 28.0 Å². The van der Waals surface area contributed by atoms with Crippen LogP contribution < -0.4 is 4.90 Å². The first-order valence-electron chi connectivity index (χ1n) is 13.9. The number of anilines is 3. The van der Waals surface area contributed by atoms with Crippen LogP contribution in [0.1, 0.15) is 5.56 Å². The molecule has 0 spiro atoms. The van der Waals surface area contributed by atoms with Gasteiger partial charge in [0, 0.05) is 33.6 Å². The Kier molecular flexibility index (Phi) is 6.42. The lowest BCUT2D eigenvalue weighted by Crippen LogP contribution is -2.09. The molecule has 0 N–H and O–H groups in total. The first-order chi connectivity index (χ1) is 20.2. The van der Waals surface area contributed by atoms with Crippen molar-refractivity contribution in [1.82, 2.24) is 0 Å². The highest BCUT2D eigenvalue weighted by molar-refractivity contribution is 5.88. The quantitative estimate of drug-likeness (QED) is 0.214. The molecular formula is C39H29NO. The third-order valence-electron chi connectivity index (χ3n) is 7.65. The molecule has 0 amide bonds. The van der Waals surface area contributed by atoms with E-state index in [4.69, 9.17) is 4.42 Å². The molecule has 2 nitrogen and oxygen atoms in total. The number of fused-ring (bicyclic) bond motifs is 1. The van der Waals surface area contributed by atoms with Gasteiger partial charge in [0.05, 0.1) is 0 Å². The molecule has 7 aromatic rings. The van der Waals surface area contributed by atoms with Gasteiger partial charge in [-0.05, 0) is 77.7 Å². The van der Waals surface area contributed by atoms with Crippen molar-refractivity contribution < 1.29 is 4.42 Å². The highest BCUT2D eigenvalue weighted by Crippen LogP contribution is 2.38. The molecule has 0 radical (unpaired) electrons. The Hall–Kier alpha value is -5.34. The van der Waals surface area contributed by atoms with E-state index < -0.39 is 0 Å². The lowest BCUT2D eigenvalue weighted by Gasteiger charge is -2.26. The molecule has 0 aliphatic heterocycles. The van der Waals surface area contributed by atoms with E-state index in [9.17, 15) is 0 Å². The summed E-state index contributed by atoms with van der Waals surface area (Å²) in [6.45, 7) is 2.13. The van der Waals surface area contributed by atoms with Gasteiger partial charge in [-0.1, -0.05) is 109 Å². The van der Waals surface area contributed by atoms with Crippen LogP contribution in [-0.4, -0.2) is 0 Å². The molecular weight excluding hydrogens is 498 g/mol. The van der Waals surface area contributed by atoms with Crippen LogP contribution in [0.2, 0.25) is 0 Å². The maximum atomic E-state index is 6.26. The Morgan fingerprint density at radius 3 is 1.71 bits per heavy atom. The van der Waals surface area contributed by atoms with E-state index in [2.05, 4.69) is 157 Å². The molecule has 0 aliphatic carbocycles. The molecule has 0 unspecified atom stereocenters. The molecule has 196 valence electrons. The lowest BCUT2D eigenvalue weighted by molar-refractivity contribution is 0.629. The van der Waals surface area contributed by atoms with Gasteiger partial charge in [-0.2, -0.15) is 0 Å². The number of nitrogens with zero attached hydrogens (tertiary/aromatic N) is 1. The first kappa shape index (κ1) is 24.7. The minimum atomic E-state index is 0.923. The third kappa shape index (κ3) is 4.81. The zero-order valence-electron chi connectivity index (χ0n) is 22.9. The standard InChI is InChI=1S/C39H29NO/c1-28-37-20-8-9-21-38(37)41-39(28)33-16-10-14-31(26-33)30-22-24-35(25-23-30)40(34-17-6-3-7-18-34)36-19-11-15-32(27-36)29-12-4-2-5-13-29/h2-27H,1H3. The van der Waals surface area contributed by atoms with Crippen LogP contribution in [0.5, 0.6) is 0 Å². The molecule has 7 rings (SSSR count). The number of rotatable bonds is 6. The average molecular weight is 528 g/mol. The van der Waals surface area contributed by atoms with E-state index in [1.165, 1.54) is 16.7 Å². The van der Waals surface area contributed by atoms with Crippen molar-refractivity contribution in [2.24, 2.45) is 0 Å². The lowest BCUT2D eigenvalue weighted by atomic mass is 9.99. The molecule has 2 heteroatoms. The second-order valence-corrected chi connectivity index (χ2v) is 10.3. The Morgan fingerprint density at radius 1 is 0.415 bits per heavy atom. The molecule has 0 saturated carbocycles. The van der Waals surface area contributed by atoms with Crippen molar-refractivity contribution in [2.45, 2.75) is 6.92 Å². The summed E-state index contributed by atoms with van der Waals surface area (Å²) in [5, 5.41) is 1.16. The summed E-state index contributed by atoms with van der Waals surface area (Å²) in [6.07, 6.45) is 0. The van der Waals surface area contributed by atoms with Gasteiger partial charge in [-0.25, -0.2) is 0 Å². The summed E-state index contributed by atoms with van der Waals surface area (Å²) >= 11 is 0. The van der Waals surface area contributed by atoms with Gasteiger partial charge in [0.15, 0.2) is 0 Å². The molecule has 6 aromatic carbocycles. The van der Waals surface area contributed by atoms with Crippen molar-refractivity contribution in [2.75, 3.05) is 4.90 Å². The number of para-hydroxylation sites is 2. The van der Waals surface area contributed by atoms with Crippen LogP contribution in [0.4, 0.5) is 17.1 Å². The van der Waals surface area contributed by atoms with Crippen LogP contribution in [0.15, 0.2) is 162 Å². The summed E-state index contributed by atoms with van der Waals surface area (Å²) < 4.78 is 6.26. The second-order valence-electron chi connectivity index (χ2n) is 10.3. The first-order valence-corrected chi connectivity index (χ1v) is 13.9. The molecule has 0 aliphatic rings. The van der Waals surface area contributed by atoms with E-state index >= 15 is 0 Å². The summed E-state index contributed by atoms with van der Waals surface area (Å²) in [7, 11) is 0. The second kappa shape index (κ2) is 10.7.